The van der Waals surface area contributed by atoms with E-state index in [0.29, 0.717) is 0 Å². The lowest BCUT2D eigenvalue weighted by atomic mass is 9.68. The molecule has 90 valence electrons. The van der Waals surface area contributed by atoms with Gasteiger partial charge in [-0.05, 0) is 16.4 Å². The lowest BCUT2D eigenvalue weighted by Crippen LogP contribution is -2.41. The zero-order valence-corrected chi connectivity index (χ0v) is 11.9. The molecule has 2 atom stereocenters. The van der Waals surface area contributed by atoms with E-state index in [1.54, 1.807) is 11.8 Å². The van der Waals surface area contributed by atoms with Gasteiger partial charge in [0.1, 0.15) is 0 Å². The molecule has 0 aromatic carbocycles. The highest BCUT2D eigenvalue weighted by molar-refractivity contribution is 8.10. The maximum Gasteiger partial charge on any atom is 0.152 e. The van der Waals surface area contributed by atoms with E-state index in [1.807, 2.05) is 0 Å². The van der Waals surface area contributed by atoms with Crippen molar-refractivity contribution in [2.75, 3.05) is 0 Å². The zero-order valence-electron chi connectivity index (χ0n) is 11.1. The molecule has 1 heterocycles. The van der Waals surface area contributed by atoms with Gasteiger partial charge in [0.15, 0.2) is 4.93 Å². The Morgan fingerprint density at radius 2 is 1.69 bits per heavy atom. The van der Waals surface area contributed by atoms with E-state index in [2.05, 4.69) is 59.8 Å². The molecule has 0 amide bonds. The molecule has 0 radical (unpaired) electrons. The van der Waals surface area contributed by atoms with Crippen molar-refractivity contribution in [1.29, 1.82) is 0 Å². The van der Waals surface area contributed by atoms with Crippen LogP contribution in [0.5, 0.6) is 0 Å². The molecule has 0 saturated carbocycles. The molecule has 2 unspecified atom stereocenters. The summed E-state index contributed by atoms with van der Waals surface area (Å²) in [6.07, 6.45) is 6.37. The summed E-state index contributed by atoms with van der Waals surface area (Å²) < 4.78 is -0.128. The van der Waals surface area contributed by atoms with Crippen LogP contribution < -0.4 is 0 Å². The van der Waals surface area contributed by atoms with Crippen molar-refractivity contribution in [2.24, 2.45) is 10.8 Å². The molecule has 0 bridgehead atoms. The number of aliphatic hydroxyl groups is 1. The van der Waals surface area contributed by atoms with Crippen LogP contribution in [0.15, 0.2) is 23.8 Å². The van der Waals surface area contributed by atoms with E-state index in [-0.39, 0.29) is 15.6 Å². The molecule has 0 spiro atoms. The van der Waals surface area contributed by atoms with Gasteiger partial charge in [-0.3, -0.25) is 0 Å². The molecule has 1 fully saturated rings. The minimum atomic E-state index is -0.682. The van der Waals surface area contributed by atoms with E-state index in [9.17, 15) is 5.11 Å². The second kappa shape index (κ2) is 2.97. The molecule has 2 heteroatoms. The van der Waals surface area contributed by atoms with Crippen LogP contribution in [0.2, 0.25) is 0 Å². The number of fused-ring (bicyclic) bond motifs is 1. The first-order valence-corrected chi connectivity index (χ1v) is 6.69. The molecule has 1 nitrogen and oxygen atoms in total. The molecule has 0 aromatic rings. The van der Waals surface area contributed by atoms with Gasteiger partial charge in [0.2, 0.25) is 0 Å². The molecule has 1 aliphatic carbocycles. The van der Waals surface area contributed by atoms with Crippen molar-refractivity contribution in [3.8, 4) is 0 Å². The first-order chi connectivity index (χ1) is 7.05. The monoisotopic (exact) mass is 238 g/mol. The van der Waals surface area contributed by atoms with E-state index in [0.717, 1.165) is 5.57 Å². The summed E-state index contributed by atoms with van der Waals surface area (Å²) in [5.41, 5.74) is 1.26. The number of thioether (sulfide) groups is 1. The predicted octanol–water partition coefficient (Wildman–Crippen LogP) is 3.75. The highest BCUT2D eigenvalue weighted by atomic mass is 32.2. The van der Waals surface area contributed by atoms with Crippen molar-refractivity contribution < 1.29 is 5.11 Å². The fourth-order valence-electron chi connectivity index (χ4n) is 2.67. The maximum absolute atomic E-state index is 10.9. The maximum atomic E-state index is 10.9. The number of allylic oxidation sites excluding steroid dienone is 2. The largest absolute Gasteiger partial charge is 0.374 e. The van der Waals surface area contributed by atoms with Crippen molar-refractivity contribution in [3.63, 3.8) is 0 Å². The van der Waals surface area contributed by atoms with Gasteiger partial charge < -0.3 is 5.11 Å². The van der Waals surface area contributed by atoms with Gasteiger partial charge in [-0.15, -0.1) is 11.8 Å². The number of hydrogen-bond donors (Lipinski definition) is 1. The molecular formula is C14H22OS. The Labute approximate surface area is 103 Å². The second-order valence-electron chi connectivity index (χ2n) is 6.92. The normalized spacial score (nSPS) is 38.1. The van der Waals surface area contributed by atoms with Gasteiger partial charge in [-0.2, -0.15) is 0 Å². The first kappa shape index (κ1) is 12.3. The Morgan fingerprint density at radius 1 is 1.12 bits per heavy atom. The van der Waals surface area contributed by atoms with Crippen LogP contribution in [-0.2, 0) is 0 Å². The van der Waals surface area contributed by atoms with Gasteiger partial charge >= 0.3 is 0 Å². The number of hydrogen-bond acceptors (Lipinski definition) is 2. The topological polar surface area (TPSA) is 20.2 Å². The molecule has 16 heavy (non-hydrogen) atoms. The van der Waals surface area contributed by atoms with Gasteiger partial charge in [0.05, 0.1) is 4.75 Å². The lowest BCUT2D eigenvalue weighted by molar-refractivity contribution is 0.120. The predicted molar refractivity (Wildman–Crippen MR) is 71.4 cm³/mol. The summed E-state index contributed by atoms with van der Waals surface area (Å²) in [7, 11) is 0. The fourth-order valence-corrected chi connectivity index (χ4v) is 4.51. The van der Waals surface area contributed by atoms with Crippen LogP contribution in [0.3, 0.4) is 0 Å². The molecule has 1 saturated heterocycles. The van der Waals surface area contributed by atoms with Crippen molar-refractivity contribution in [1.82, 2.24) is 0 Å². The first-order valence-electron chi connectivity index (χ1n) is 5.88. The van der Waals surface area contributed by atoms with Gasteiger partial charge in [0.25, 0.3) is 0 Å². The van der Waals surface area contributed by atoms with Gasteiger partial charge in [0, 0.05) is 0 Å². The minimum absolute atomic E-state index is 0.0273. The summed E-state index contributed by atoms with van der Waals surface area (Å²) in [6.45, 7) is 13.1. The van der Waals surface area contributed by atoms with E-state index in [4.69, 9.17) is 0 Å². The molecular weight excluding hydrogens is 216 g/mol. The molecule has 0 aromatic heterocycles. The Balaban J connectivity index is 2.45. The highest BCUT2D eigenvalue weighted by Crippen LogP contribution is 2.76. The second-order valence-corrected chi connectivity index (χ2v) is 8.36. The Bertz CT molecular complexity index is 381. The van der Waals surface area contributed by atoms with E-state index in [1.165, 1.54) is 0 Å². The highest BCUT2D eigenvalue weighted by Gasteiger charge is 2.75. The summed E-state index contributed by atoms with van der Waals surface area (Å²) in [5.74, 6) is 0. The smallest absolute Gasteiger partial charge is 0.152 e. The van der Waals surface area contributed by atoms with Crippen LogP contribution in [0.1, 0.15) is 41.5 Å². The standard InChI is InChI=1S/C14H22OS/c1-11(2,3)10-8-7-9-13(12(4,5)6)14(10,15)16-13/h7-9,15H,1-6H3. The Kier molecular flexibility index (Phi) is 2.27. The third kappa shape index (κ3) is 1.36. The average Bonchev–Trinajstić information content (AvgIpc) is 2.68. The van der Waals surface area contributed by atoms with Gasteiger partial charge in [-0.25, -0.2) is 0 Å². The summed E-state index contributed by atoms with van der Waals surface area (Å²) in [5, 5.41) is 10.9. The molecule has 2 rings (SSSR count). The van der Waals surface area contributed by atoms with E-state index >= 15 is 0 Å². The third-order valence-corrected chi connectivity index (χ3v) is 5.65. The fraction of sp³-hybridized carbons (Fsp3) is 0.714. The minimum Gasteiger partial charge on any atom is -0.374 e. The Hall–Kier alpha value is -0.210. The third-order valence-electron chi connectivity index (χ3n) is 3.65. The summed E-state index contributed by atoms with van der Waals surface area (Å²) in [4.78, 5) is -0.682. The quantitative estimate of drug-likeness (QED) is 0.649. The van der Waals surface area contributed by atoms with Gasteiger partial charge in [-0.1, -0.05) is 59.8 Å². The lowest BCUT2D eigenvalue weighted by Gasteiger charge is -2.36. The van der Waals surface area contributed by atoms with Crippen molar-refractivity contribution >= 4 is 11.8 Å². The van der Waals surface area contributed by atoms with Crippen LogP contribution >= 0.6 is 11.8 Å². The van der Waals surface area contributed by atoms with Crippen LogP contribution in [0.4, 0.5) is 0 Å². The number of rotatable bonds is 0. The van der Waals surface area contributed by atoms with E-state index < -0.39 is 4.93 Å². The SMILES string of the molecule is CC(C)(C)C1=CC=CC2(C(C)(C)C)SC12O. The van der Waals surface area contributed by atoms with Crippen LogP contribution in [-0.4, -0.2) is 14.8 Å². The van der Waals surface area contributed by atoms with Crippen LogP contribution in [0.25, 0.3) is 0 Å². The van der Waals surface area contributed by atoms with Crippen LogP contribution in [0, 0.1) is 10.8 Å². The molecule has 1 aliphatic heterocycles. The Morgan fingerprint density at radius 3 is 2.12 bits per heavy atom. The van der Waals surface area contributed by atoms with Crippen molar-refractivity contribution in [2.45, 2.75) is 51.2 Å². The van der Waals surface area contributed by atoms with Crippen molar-refractivity contribution in [3.05, 3.63) is 23.8 Å². The summed E-state index contributed by atoms with van der Waals surface area (Å²) in [6, 6.07) is 0. The zero-order chi connectivity index (χ0) is 12.4. The summed E-state index contributed by atoms with van der Waals surface area (Å²) >= 11 is 1.69. The molecule has 1 N–H and O–H groups in total. The average molecular weight is 238 g/mol. The molecule has 2 aliphatic rings.